The van der Waals surface area contributed by atoms with Gasteiger partial charge in [-0.15, -0.1) is 0 Å². The Balaban J connectivity index is 1.39. The second-order valence-corrected chi connectivity index (χ2v) is 8.54. The van der Waals surface area contributed by atoms with Gasteiger partial charge in [0.05, 0.1) is 11.0 Å². The van der Waals surface area contributed by atoms with Crippen molar-refractivity contribution in [1.82, 2.24) is 19.4 Å². The normalized spacial score (nSPS) is 15.8. The Hall–Kier alpha value is -3.52. The third-order valence-electron chi connectivity index (χ3n) is 6.50. The van der Waals surface area contributed by atoms with Crippen molar-refractivity contribution in [3.63, 3.8) is 0 Å². The number of benzene rings is 1. The standard InChI is InChI=1S/C26H29N5O3/c1-3-34-16-21-29-22-23(19-12-6-7-13-20(19)28-24(22)27-2)30(21)14-8-9-15-31-25(32)17-10-4-5-11-18(17)26(31)33/h4,6-7,10,12-13H,3,5,8-9,11,14-16H2,1-2H3,(H,27,28). The fraction of sp³-hybridized carbons (Fsp3) is 0.385. The zero-order valence-electron chi connectivity index (χ0n) is 19.6. The molecule has 3 aromatic rings. The van der Waals surface area contributed by atoms with Gasteiger partial charge in [-0.25, -0.2) is 9.97 Å². The number of unbranched alkanes of at least 4 members (excludes halogenated alkanes) is 1. The number of imidazole rings is 1. The van der Waals surface area contributed by atoms with E-state index in [0.717, 1.165) is 52.8 Å². The molecule has 0 radical (unpaired) electrons. The van der Waals surface area contributed by atoms with Gasteiger partial charge >= 0.3 is 0 Å². The highest BCUT2D eigenvalue weighted by atomic mass is 16.5. The molecule has 0 unspecified atom stereocenters. The highest BCUT2D eigenvalue weighted by molar-refractivity contribution is 6.20. The summed E-state index contributed by atoms with van der Waals surface area (Å²) in [7, 11) is 1.85. The summed E-state index contributed by atoms with van der Waals surface area (Å²) >= 11 is 0. The van der Waals surface area contributed by atoms with Crippen LogP contribution in [0.1, 0.15) is 38.4 Å². The van der Waals surface area contributed by atoms with E-state index in [-0.39, 0.29) is 11.8 Å². The van der Waals surface area contributed by atoms with E-state index < -0.39 is 0 Å². The average molecular weight is 460 g/mol. The highest BCUT2D eigenvalue weighted by Crippen LogP contribution is 2.31. The fourth-order valence-corrected chi connectivity index (χ4v) is 4.83. The van der Waals surface area contributed by atoms with Crippen molar-refractivity contribution in [3.8, 4) is 0 Å². The number of nitrogens with zero attached hydrogens (tertiary/aromatic N) is 4. The van der Waals surface area contributed by atoms with Gasteiger partial charge in [-0.05, 0) is 38.7 Å². The van der Waals surface area contributed by atoms with Crippen LogP contribution in [0.4, 0.5) is 5.82 Å². The number of pyridine rings is 1. The predicted molar refractivity (Wildman–Crippen MR) is 131 cm³/mol. The number of para-hydroxylation sites is 1. The molecule has 0 saturated heterocycles. The Morgan fingerprint density at radius 2 is 1.91 bits per heavy atom. The molecule has 0 atom stereocenters. The molecular formula is C26H29N5O3. The van der Waals surface area contributed by atoms with Crippen molar-refractivity contribution in [2.45, 2.75) is 45.8 Å². The number of allylic oxidation sites excluding steroid dienone is 1. The van der Waals surface area contributed by atoms with Crippen molar-refractivity contribution < 1.29 is 14.3 Å². The van der Waals surface area contributed by atoms with Crippen LogP contribution in [0.3, 0.4) is 0 Å². The van der Waals surface area contributed by atoms with Gasteiger partial charge in [0.2, 0.25) is 0 Å². The van der Waals surface area contributed by atoms with Gasteiger partial charge in [-0.2, -0.15) is 0 Å². The summed E-state index contributed by atoms with van der Waals surface area (Å²) in [6.07, 6.45) is 6.76. The van der Waals surface area contributed by atoms with Gasteiger partial charge in [0.25, 0.3) is 11.8 Å². The molecule has 0 fully saturated rings. The summed E-state index contributed by atoms with van der Waals surface area (Å²) in [6, 6.07) is 8.06. The largest absolute Gasteiger partial charge is 0.374 e. The number of carbonyl (C=O) groups excluding carboxylic acids is 2. The number of nitrogens with one attached hydrogen (secondary N) is 1. The SMILES string of the molecule is CCOCc1nc2c(NC)nc3ccccc3c2n1CCCCN1C(=O)C2=C(CCC=C2)C1=O. The predicted octanol–water partition coefficient (Wildman–Crippen LogP) is 3.96. The number of hydrogen-bond acceptors (Lipinski definition) is 6. The highest BCUT2D eigenvalue weighted by Gasteiger charge is 2.36. The van der Waals surface area contributed by atoms with E-state index in [1.165, 1.54) is 4.90 Å². The van der Waals surface area contributed by atoms with Crippen molar-refractivity contribution in [3.05, 3.63) is 53.4 Å². The first kappa shape index (κ1) is 22.3. The number of amides is 2. The maximum absolute atomic E-state index is 12.7. The molecule has 0 saturated carbocycles. The zero-order chi connectivity index (χ0) is 23.7. The molecule has 34 heavy (non-hydrogen) atoms. The molecule has 1 aromatic carbocycles. The summed E-state index contributed by atoms with van der Waals surface area (Å²) < 4.78 is 7.92. The number of aryl methyl sites for hydroxylation is 1. The molecule has 1 aliphatic carbocycles. The van der Waals surface area contributed by atoms with Gasteiger partial charge in [0.15, 0.2) is 5.82 Å². The minimum atomic E-state index is -0.156. The number of ether oxygens (including phenoxy) is 1. The van der Waals surface area contributed by atoms with Gasteiger partial charge in [-0.3, -0.25) is 14.5 Å². The molecule has 2 amide bonds. The maximum atomic E-state index is 12.7. The first-order chi connectivity index (χ1) is 16.6. The van der Waals surface area contributed by atoms with E-state index >= 15 is 0 Å². The molecule has 3 heterocycles. The van der Waals surface area contributed by atoms with Gasteiger partial charge in [-0.1, -0.05) is 30.4 Å². The lowest BCUT2D eigenvalue weighted by Gasteiger charge is -2.16. The van der Waals surface area contributed by atoms with Crippen molar-refractivity contribution >= 4 is 39.6 Å². The summed E-state index contributed by atoms with van der Waals surface area (Å²) in [6.45, 7) is 4.12. The molecule has 2 aromatic heterocycles. The molecule has 1 N–H and O–H groups in total. The van der Waals surface area contributed by atoms with Crippen LogP contribution >= 0.6 is 0 Å². The summed E-state index contributed by atoms with van der Waals surface area (Å²) in [5.41, 5.74) is 4.01. The number of anilines is 1. The maximum Gasteiger partial charge on any atom is 0.261 e. The number of imide groups is 1. The summed E-state index contributed by atoms with van der Waals surface area (Å²) in [5, 5.41) is 4.22. The second kappa shape index (κ2) is 9.38. The number of fused-ring (bicyclic) bond motifs is 3. The first-order valence-electron chi connectivity index (χ1n) is 11.9. The Morgan fingerprint density at radius 3 is 2.71 bits per heavy atom. The topological polar surface area (TPSA) is 89.3 Å². The van der Waals surface area contributed by atoms with Crippen LogP contribution in [-0.2, 0) is 27.5 Å². The number of rotatable bonds is 9. The third-order valence-corrected chi connectivity index (χ3v) is 6.50. The third kappa shape index (κ3) is 3.77. The van der Waals surface area contributed by atoms with E-state index in [4.69, 9.17) is 14.7 Å². The van der Waals surface area contributed by atoms with Crippen molar-refractivity contribution in [1.29, 1.82) is 0 Å². The summed E-state index contributed by atoms with van der Waals surface area (Å²) in [5.74, 6) is 1.31. The molecular weight excluding hydrogens is 430 g/mol. The van der Waals surface area contributed by atoms with Crippen LogP contribution in [0.5, 0.6) is 0 Å². The molecule has 8 nitrogen and oxygen atoms in total. The Morgan fingerprint density at radius 1 is 1.09 bits per heavy atom. The quantitative estimate of drug-likeness (QED) is 0.385. The lowest BCUT2D eigenvalue weighted by molar-refractivity contribution is -0.137. The lowest BCUT2D eigenvalue weighted by atomic mass is 10.00. The van der Waals surface area contributed by atoms with E-state index in [1.54, 1.807) is 6.08 Å². The second-order valence-electron chi connectivity index (χ2n) is 8.54. The van der Waals surface area contributed by atoms with Crippen molar-refractivity contribution in [2.24, 2.45) is 0 Å². The number of carbonyl (C=O) groups is 2. The molecule has 5 rings (SSSR count). The molecule has 1 aliphatic heterocycles. The van der Waals surface area contributed by atoms with Crippen LogP contribution in [0.15, 0.2) is 47.6 Å². The van der Waals surface area contributed by atoms with Gasteiger partial charge < -0.3 is 14.6 Å². The van der Waals surface area contributed by atoms with Crippen LogP contribution in [-0.4, -0.2) is 51.4 Å². The fourth-order valence-electron chi connectivity index (χ4n) is 4.83. The van der Waals surface area contributed by atoms with Gasteiger partial charge in [0, 0.05) is 43.3 Å². The van der Waals surface area contributed by atoms with Crippen LogP contribution in [0.2, 0.25) is 0 Å². The van der Waals surface area contributed by atoms with E-state index in [9.17, 15) is 9.59 Å². The van der Waals surface area contributed by atoms with Crippen LogP contribution < -0.4 is 5.32 Å². The lowest BCUT2D eigenvalue weighted by Crippen LogP contribution is -2.32. The number of aromatic nitrogens is 3. The monoisotopic (exact) mass is 459 g/mol. The Kier molecular flexibility index (Phi) is 6.15. The summed E-state index contributed by atoms with van der Waals surface area (Å²) in [4.78, 5) is 36.4. The zero-order valence-corrected chi connectivity index (χ0v) is 19.6. The molecule has 176 valence electrons. The van der Waals surface area contributed by atoms with E-state index in [0.29, 0.717) is 43.9 Å². The van der Waals surface area contributed by atoms with Gasteiger partial charge in [0.1, 0.15) is 17.9 Å². The van der Waals surface area contributed by atoms with Crippen LogP contribution in [0.25, 0.3) is 21.9 Å². The minimum Gasteiger partial charge on any atom is -0.374 e. The van der Waals surface area contributed by atoms with E-state index in [1.807, 2.05) is 38.2 Å². The minimum absolute atomic E-state index is 0.120. The number of hydrogen-bond donors (Lipinski definition) is 1. The first-order valence-corrected chi connectivity index (χ1v) is 11.9. The molecule has 8 heteroatoms. The average Bonchev–Trinajstić information content (AvgIpc) is 3.35. The van der Waals surface area contributed by atoms with Crippen molar-refractivity contribution in [2.75, 3.05) is 25.5 Å². The Labute approximate surface area is 198 Å². The van der Waals surface area contributed by atoms with Crippen LogP contribution in [0, 0.1) is 0 Å². The molecule has 2 aliphatic rings. The Bertz CT molecular complexity index is 1340. The van der Waals surface area contributed by atoms with E-state index in [2.05, 4.69) is 16.0 Å². The smallest absolute Gasteiger partial charge is 0.261 e. The molecule has 0 spiro atoms. The molecule has 0 bridgehead atoms.